The molecule has 22 heavy (non-hydrogen) atoms. The second-order valence-electron chi connectivity index (χ2n) is 5.11. The van der Waals surface area contributed by atoms with Crippen LogP contribution in [0.1, 0.15) is 12.0 Å². The Morgan fingerprint density at radius 1 is 1.36 bits per heavy atom. The number of nitrogens with zero attached hydrogens (tertiary/aromatic N) is 1. The fourth-order valence-electron chi connectivity index (χ4n) is 2.18. The largest absolute Gasteiger partial charge is 0.416 e. The number of hydrogen-bond acceptors (Lipinski definition) is 4. The molecule has 0 spiro atoms. The van der Waals surface area contributed by atoms with Gasteiger partial charge in [-0.05, 0) is 24.6 Å². The van der Waals surface area contributed by atoms with Crippen LogP contribution in [0.2, 0.25) is 5.02 Å². The maximum atomic E-state index is 12.6. The first-order chi connectivity index (χ1) is 9.99. The molecule has 0 aliphatic carbocycles. The van der Waals surface area contributed by atoms with Crippen LogP contribution in [0.5, 0.6) is 0 Å². The number of benzene rings is 1. The molecule has 1 aliphatic heterocycles. The molecule has 1 unspecified atom stereocenters. The van der Waals surface area contributed by atoms with Crippen molar-refractivity contribution in [3.8, 4) is 0 Å². The summed E-state index contributed by atoms with van der Waals surface area (Å²) < 4.78 is 63.4. The van der Waals surface area contributed by atoms with Crippen LogP contribution in [0.4, 0.5) is 13.2 Å². The van der Waals surface area contributed by atoms with Gasteiger partial charge >= 0.3 is 6.18 Å². The second-order valence-corrected chi connectivity index (χ2v) is 7.43. The number of β-amino-alcohol motifs (C(OH)–C–C–N with tert-alkyl or cyclic N) is 1. The fraction of sp³-hybridized carbons (Fsp3) is 0.500. The highest BCUT2D eigenvalue weighted by Crippen LogP contribution is 2.35. The van der Waals surface area contributed by atoms with E-state index in [-0.39, 0.29) is 19.5 Å². The summed E-state index contributed by atoms with van der Waals surface area (Å²) in [6.45, 7) is -1.01. The van der Waals surface area contributed by atoms with E-state index in [2.05, 4.69) is 0 Å². The highest BCUT2D eigenvalue weighted by atomic mass is 35.5. The van der Waals surface area contributed by atoms with E-state index in [1.807, 2.05) is 0 Å². The minimum atomic E-state index is -4.63. The first-order valence-corrected chi connectivity index (χ1v) is 8.01. The van der Waals surface area contributed by atoms with E-state index in [0.717, 1.165) is 10.4 Å². The zero-order valence-electron chi connectivity index (χ0n) is 11.1. The number of rotatable bonds is 3. The zero-order chi connectivity index (χ0) is 16.8. The van der Waals surface area contributed by atoms with Crippen LogP contribution in [0.3, 0.4) is 0 Å². The van der Waals surface area contributed by atoms with Gasteiger partial charge in [-0.25, -0.2) is 8.42 Å². The van der Waals surface area contributed by atoms with Gasteiger partial charge in [0.1, 0.15) is 10.5 Å². The van der Waals surface area contributed by atoms with E-state index in [1.165, 1.54) is 0 Å². The van der Waals surface area contributed by atoms with E-state index in [0.29, 0.717) is 12.1 Å². The maximum Gasteiger partial charge on any atom is 0.416 e. The van der Waals surface area contributed by atoms with Crippen molar-refractivity contribution in [2.75, 3.05) is 19.7 Å². The third-order valence-electron chi connectivity index (χ3n) is 3.47. The maximum absolute atomic E-state index is 12.6. The lowest BCUT2D eigenvalue weighted by molar-refractivity contribution is -0.137. The van der Waals surface area contributed by atoms with Gasteiger partial charge in [-0.2, -0.15) is 17.5 Å². The molecule has 1 fully saturated rings. The summed E-state index contributed by atoms with van der Waals surface area (Å²) in [5, 5.41) is 18.4. The molecule has 1 aliphatic rings. The molecule has 0 aromatic heterocycles. The van der Waals surface area contributed by atoms with Crippen molar-refractivity contribution in [1.29, 1.82) is 0 Å². The van der Waals surface area contributed by atoms with Crippen molar-refractivity contribution in [2.24, 2.45) is 0 Å². The summed E-state index contributed by atoms with van der Waals surface area (Å²) in [4.78, 5) is -0.468. The Morgan fingerprint density at radius 2 is 2.00 bits per heavy atom. The Morgan fingerprint density at radius 3 is 2.45 bits per heavy atom. The summed E-state index contributed by atoms with van der Waals surface area (Å²) in [5.74, 6) is 0. The van der Waals surface area contributed by atoms with Crippen LogP contribution in [-0.2, 0) is 16.2 Å². The lowest BCUT2D eigenvalue weighted by atomic mass is 10.1. The minimum absolute atomic E-state index is 0.0288. The van der Waals surface area contributed by atoms with Crippen LogP contribution in [0, 0.1) is 0 Å². The van der Waals surface area contributed by atoms with Gasteiger partial charge < -0.3 is 10.2 Å². The molecule has 1 heterocycles. The summed E-state index contributed by atoms with van der Waals surface area (Å²) in [6, 6.07) is 1.96. The SMILES string of the molecule is O=S(=O)(c1ccc(C(F)(F)F)cc1Cl)N1CCC(O)(CO)C1. The Bertz CT molecular complexity index is 679. The van der Waals surface area contributed by atoms with Crippen molar-refractivity contribution in [3.05, 3.63) is 28.8 Å². The average Bonchev–Trinajstić information content (AvgIpc) is 2.81. The zero-order valence-corrected chi connectivity index (χ0v) is 12.7. The summed E-state index contributed by atoms with van der Waals surface area (Å²) >= 11 is 5.69. The smallest absolute Gasteiger partial charge is 0.393 e. The lowest BCUT2D eigenvalue weighted by Crippen LogP contribution is -2.38. The Kier molecular flexibility index (Phi) is 4.48. The minimum Gasteiger partial charge on any atom is -0.393 e. The number of alkyl halides is 3. The summed E-state index contributed by atoms with van der Waals surface area (Å²) in [7, 11) is -4.15. The van der Waals surface area contributed by atoms with Gasteiger partial charge in [0.15, 0.2) is 0 Å². The topological polar surface area (TPSA) is 77.8 Å². The van der Waals surface area contributed by atoms with Gasteiger partial charge in [0.25, 0.3) is 0 Å². The van der Waals surface area contributed by atoms with Crippen LogP contribution in [0.15, 0.2) is 23.1 Å². The lowest BCUT2D eigenvalue weighted by Gasteiger charge is -2.21. The molecule has 5 nitrogen and oxygen atoms in total. The third-order valence-corrected chi connectivity index (χ3v) is 5.80. The van der Waals surface area contributed by atoms with Crippen molar-refractivity contribution in [1.82, 2.24) is 4.31 Å². The second kappa shape index (κ2) is 5.64. The Balaban J connectivity index is 2.35. The molecule has 1 aromatic rings. The van der Waals surface area contributed by atoms with Gasteiger partial charge in [-0.3, -0.25) is 0 Å². The van der Waals surface area contributed by atoms with Gasteiger partial charge in [-0.1, -0.05) is 11.6 Å². The number of aliphatic hydroxyl groups is 2. The van der Waals surface area contributed by atoms with Gasteiger partial charge in [0, 0.05) is 13.1 Å². The molecule has 0 bridgehead atoms. The highest BCUT2D eigenvalue weighted by molar-refractivity contribution is 7.89. The quantitative estimate of drug-likeness (QED) is 0.857. The molecule has 0 saturated carbocycles. The van der Waals surface area contributed by atoms with Crippen molar-refractivity contribution >= 4 is 21.6 Å². The standard InChI is InChI=1S/C12H13ClF3NO4S/c13-9-5-8(12(14,15)16)1-2-10(9)22(20,21)17-4-3-11(19,6-17)7-18/h1-2,5,18-19H,3-4,6-7H2. The molecule has 2 rings (SSSR count). The molecule has 1 saturated heterocycles. The predicted molar refractivity (Wildman–Crippen MR) is 71.9 cm³/mol. The molecular formula is C12H13ClF3NO4S. The molecule has 10 heteroatoms. The molecule has 124 valence electrons. The molecule has 1 atom stereocenters. The van der Waals surface area contributed by atoms with Gasteiger partial charge in [-0.15, -0.1) is 0 Å². The van der Waals surface area contributed by atoms with Crippen LogP contribution in [0.25, 0.3) is 0 Å². The third kappa shape index (κ3) is 3.23. The Labute approximate surface area is 130 Å². The monoisotopic (exact) mass is 359 g/mol. The first-order valence-electron chi connectivity index (χ1n) is 6.20. The van der Waals surface area contributed by atoms with E-state index in [9.17, 15) is 26.7 Å². The van der Waals surface area contributed by atoms with Crippen LogP contribution >= 0.6 is 11.6 Å². The van der Waals surface area contributed by atoms with Gasteiger partial charge in [0.2, 0.25) is 10.0 Å². The molecule has 0 amide bonds. The number of sulfonamides is 1. The molecule has 1 aromatic carbocycles. The summed E-state index contributed by atoms with van der Waals surface area (Å²) in [5.41, 5.74) is -2.60. The van der Waals surface area contributed by atoms with E-state index < -0.39 is 43.9 Å². The Hall–Kier alpha value is -0.870. The van der Waals surface area contributed by atoms with E-state index >= 15 is 0 Å². The fourth-order valence-corrected chi connectivity index (χ4v) is 4.22. The summed E-state index contributed by atoms with van der Waals surface area (Å²) in [6.07, 6.45) is -4.60. The van der Waals surface area contributed by atoms with Crippen LogP contribution < -0.4 is 0 Å². The molecule has 0 radical (unpaired) electrons. The van der Waals surface area contributed by atoms with E-state index in [1.54, 1.807) is 0 Å². The van der Waals surface area contributed by atoms with Gasteiger partial charge in [0.05, 0.1) is 17.2 Å². The van der Waals surface area contributed by atoms with E-state index in [4.69, 9.17) is 16.7 Å². The molecule has 2 N–H and O–H groups in total. The van der Waals surface area contributed by atoms with Crippen molar-refractivity contribution in [2.45, 2.75) is 23.1 Å². The predicted octanol–water partition coefficient (Wildman–Crippen LogP) is 1.48. The van der Waals surface area contributed by atoms with Crippen LogP contribution in [-0.4, -0.2) is 48.2 Å². The van der Waals surface area contributed by atoms with Crippen molar-refractivity contribution < 1.29 is 31.8 Å². The number of halogens is 4. The average molecular weight is 360 g/mol. The highest BCUT2D eigenvalue weighted by Gasteiger charge is 2.42. The normalized spacial score (nSPS) is 23.9. The first kappa shape index (κ1) is 17.5. The van der Waals surface area contributed by atoms with Crippen molar-refractivity contribution in [3.63, 3.8) is 0 Å². The number of hydrogen-bond donors (Lipinski definition) is 2. The number of aliphatic hydroxyl groups excluding tert-OH is 1. The molecular weight excluding hydrogens is 347 g/mol.